The summed E-state index contributed by atoms with van der Waals surface area (Å²) in [4.78, 5) is 16.2. The average molecular weight is 499 g/mol. The second-order valence-corrected chi connectivity index (χ2v) is 10.9. The maximum atomic E-state index is 13.5. The molecule has 2 unspecified atom stereocenters. The third-order valence-electron chi connectivity index (χ3n) is 6.53. The Kier molecular flexibility index (Phi) is 8.38. The minimum atomic E-state index is -4.47. The molecule has 3 N–H and O–H groups in total. The van der Waals surface area contributed by atoms with E-state index in [1.807, 2.05) is 26.8 Å². The lowest BCUT2D eigenvalue weighted by molar-refractivity contribution is 0.0981. The summed E-state index contributed by atoms with van der Waals surface area (Å²) in [5.41, 5.74) is 2.47. The largest absolute Gasteiger partial charge is 0.507 e. The number of hydrogen-bond acceptors (Lipinski definition) is 6. The number of pyridine rings is 1. The summed E-state index contributed by atoms with van der Waals surface area (Å²) in [7, 11) is -4.47. The molecule has 3 rings (SSSR count). The normalized spacial score (nSPS) is 18.1. The van der Waals surface area contributed by atoms with Gasteiger partial charge in [0.2, 0.25) is 0 Å². The molecule has 1 aliphatic carbocycles. The summed E-state index contributed by atoms with van der Waals surface area (Å²) in [6.45, 7) is 9.97. The molecule has 2 aromatic rings. The molecule has 0 aliphatic heterocycles. The number of carbonyl (C=O) groups excluding carboxylic acids is 1. The Morgan fingerprint density at radius 2 is 2.03 bits per heavy atom. The van der Waals surface area contributed by atoms with Gasteiger partial charge >= 0.3 is 0 Å². The molecule has 1 aromatic carbocycles. The van der Waals surface area contributed by atoms with Gasteiger partial charge in [0.25, 0.3) is 15.9 Å². The Bertz CT molecular complexity index is 1240. The maximum absolute atomic E-state index is 13.5. The van der Waals surface area contributed by atoms with Gasteiger partial charge in [-0.1, -0.05) is 43.6 Å². The van der Waals surface area contributed by atoms with Crippen LogP contribution in [0.15, 0.2) is 59.3 Å². The van der Waals surface area contributed by atoms with Crippen LogP contribution < -0.4 is 4.72 Å². The van der Waals surface area contributed by atoms with E-state index in [1.165, 1.54) is 30.6 Å². The molecule has 0 bridgehead atoms. The monoisotopic (exact) mass is 498 g/mol. The van der Waals surface area contributed by atoms with Gasteiger partial charge in [-0.3, -0.25) is 9.78 Å². The number of aryl methyl sites for hydroxylation is 1. The highest BCUT2D eigenvalue weighted by atomic mass is 32.2. The first-order chi connectivity index (χ1) is 16.6. The molecular weight excluding hydrogens is 464 g/mol. The van der Waals surface area contributed by atoms with Crippen molar-refractivity contribution in [3.8, 4) is 11.5 Å². The lowest BCUT2D eigenvalue weighted by Gasteiger charge is -2.32. The van der Waals surface area contributed by atoms with Crippen molar-refractivity contribution in [1.29, 1.82) is 0 Å². The first kappa shape index (κ1) is 26.5. The van der Waals surface area contributed by atoms with Gasteiger partial charge < -0.3 is 10.2 Å². The van der Waals surface area contributed by atoms with Gasteiger partial charge in [-0.15, -0.1) is 0 Å². The second kappa shape index (κ2) is 11.1. The zero-order chi connectivity index (χ0) is 25.8. The van der Waals surface area contributed by atoms with Gasteiger partial charge in [-0.05, 0) is 69.2 Å². The predicted molar refractivity (Wildman–Crippen MR) is 136 cm³/mol. The number of phenolic OH excluding ortho intramolecular Hbond substituents is 2. The van der Waals surface area contributed by atoms with Crippen LogP contribution >= 0.6 is 0 Å². The number of phenols is 2. The molecule has 0 saturated heterocycles. The van der Waals surface area contributed by atoms with E-state index in [1.54, 1.807) is 0 Å². The Morgan fingerprint density at radius 3 is 2.66 bits per heavy atom. The van der Waals surface area contributed by atoms with Gasteiger partial charge in [0.1, 0.15) is 16.4 Å². The highest BCUT2D eigenvalue weighted by molar-refractivity contribution is 7.90. The van der Waals surface area contributed by atoms with Crippen LogP contribution in [0.4, 0.5) is 0 Å². The van der Waals surface area contributed by atoms with Crippen LogP contribution in [0.5, 0.6) is 11.5 Å². The summed E-state index contributed by atoms with van der Waals surface area (Å²) in [5.74, 6) is -2.03. The molecule has 0 spiro atoms. The molecule has 1 amide bonds. The van der Waals surface area contributed by atoms with Crippen molar-refractivity contribution in [2.75, 3.05) is 0 Å². The highest BCUT2D eigenvalue weighted by Crippen LogP contribution is 2.49. The number of hydrogen-bond donors (Lipinski definition) is 3. The van der Waals surface area contributed by atoms with E-state index in [-0.39, 0.29) is 33.3 Å². The van der Waals surface area contributed by atoms with Crippen LogP contribution in [0.1, 0.15) is 80.3 Å². The summed E-state index contributed by atoms with van der Waals surface area (Å²) in [5, 5.41) is 22.4. The van der Waals surface area contributed by atoms with Crippen molar-refractivity contribution < 1.29 is 23.4 Å². The third kappa shape index (κ3) is 5.93. The Balaban J connectivity index is 2.16. The summed E-state index contributed by atoms with van der Waals surface area (Å²) in [6, 6.07) is 4.40. The number of amides is 1. The molecule has 0 fully saturated rings. The van der Waals surface area contributed by atoms with Crippen molar-refractivity contribution in [1.82, 2.24) is 9.71 Å². The van der Waals surface area contributed by atoms with Gasteiger partial charge in [-0.25, -0.2) is 13.1 Å². The summed E-state index contributed by atoms with van der Waals surface area (Å²) in [6.07, 6.45) is 9.11. The number of sulfonamides is 1. The quantitative estimate of drug-likeness (QED) is 0.317. The van der Waals surface area contributed by atoms with Gasteiger partial charge in [0.05, 0.1) is 5.56 Å². The molecule has 0 radical (unpaired) electrons. The van der Waals surface area contributed by atoms with E-state index in [4.69, 9.17) is 0 Å². The second-order valence-electron chi connectivity index (χ2n) is 9.31. The number of carbonyl (C=O) groups is 1. The number of allylic oxidation sites excluding steroid dienone is 3. The molecule has 0 saturated carbocycles. The minimum Gasteiger partial charge on any atom is -0.507 e. The lowest BCUT2D eigenvalue weighted by Crippen LogP contribution is -2.31. The average Bonchev–Trinajstić information content (AvgIpc) is 2.79. The number of nitrogens with one attached hydrogen (secondary N) is 1. The Hall–Kier alpha value is -3.13. The van der Waals surface area contributed by atoms with Crippen LogP contribution in [-0.2, 0) is 16.4 Å². The number of aromatic nitrogens is 1. The highest BCUT2D eigenvalue weighted by Gasteiger charge is 2.35. The van der Waals surface area contributed by atoms with E-state index in [2.05, 4.69) is 16.3 Å². The molecule has 7 nitrogen and oxygen atoms in total. The molecule has 2 atom stereocenters. The first-order valence-electron chi connectivity index (χ1n) is 11.9. The van der Waals surface area contributed by atoms with E-state index in [0.717, 1.165) is 36.8 Å². The lowest BCUT2D eigenvalue weighted by atomic mass is 9.73. The fraction of sp³-hybridized carbons (Fsp3) is 0.407. The van der Waals surface area contributed by atoms with Crippen LogP contribution in [0.3, 0.4) is 0 Å². The number of unbranched alkanes of at least 4 members (excludes halogenated alkanes) is 2. The number of benzene rings is 1. The number of aromatic hydroxyl groups is 2. The van der Waals surface area contributed by atoms with E-state index in [9.17, 15) is 23.4 Å². The van der Waals surface area contributed by atoms with E-state index >= 15 is 0 Å². The maximum Gasteiger partial charge on any atom is 0.268 e. The fourth-order valence-electron chi connectivity index (χ4n) is 4.72. The molecule has 1 aliphatic rings. The molecule has 188 valence electrons. The smallest absolute Gasteiger partial charge is 0.268 e. The SMILES string of the molecule is C=C(C)C1CCC(C)=CC1c1c(O)cc(CCCCC)c(S(=O)(=O)NC(=O)c2cccnc2)c1O. The fourth-order valence-corrected chi connectivity index (χ4v) is 6.05. The zero-order valence-corrected chi connectivity index (χ0v) is 21.4. The topological polar surface area (TPSA) is 117 Å². The predicted octanol–water partition coefficient (Wildman–Crippen LogP) is 5.36. The standard InChI is InChI=1S/C27H34N2O5S/c1-5-6-7-9-19-15-23(30)24(22-14-18(4)11-12-21(22)17(2)3)25(31)26(19)35(33,34)29-27(32)20-10-8-13-28-16-20/h8,10,13-16,21-22,30-31H,2,5-7,9,11-12H2,1,3-4H3,(H,29,32). The van der Waals surface area contributed by atoms with E-state index in [0.29, 0.717) is 12.8 Å². The third-order valence-corrected chi connectivity index (χ3v) is 7.98. The first-order valence-corrected chi connectivity index (χ1v) is 13.4. The molecule has 8 heteroatoms. The van der Waals surface area contributed by atoms with Gasteiger partial charge in [0.15, 0.2) is 0 Å². The van der Waals surface area contributed by atoms with Crippen molar-refractivity contribution in [3.05, 3.63) is 71.1 Å². The van der Waals surface area contributed by atoms with Crippen molar-refractivity contribution >= 4 is 15.9 Å². The number of nitrogens with zero attached hydrogens (tertiary/aromatic N) is 1. The van der Waals surface area contributed by atoms with Crippen LogP contribution in [0.2, 0.25) is 0 Å². The van der Waals surface area contributed by atoms with Crippen molar-refractivity contribution in [2.45, 2.75) is 70.1 Å². The minimum absolute atomic E-state index is 0.0676. The van der Waals surface area contributed by atoms with Crippen LogP contribution in [0, 0.1) is 5.92 Å². The Morgan fingerprint density at radius 1 is 1.29 bits per heavy atom. The van der Waals surface area contributed by atoms with Crippen LogP contribution in [0.25, 0.3) is 0 Å². The van der Waals surface area contributed by atoms with Crippen molar-refractivity contribution in [2.24, 2.45) is 5.92 Å². The zero-order valence-electron chi connectivity index (χ0n) is 20.5. The van der Waals surface area contributed by atoms with Gasteiger partial charge in [-0.2, -0.15) is 0 Å². The summed E-state index contributed by atoms with van der Waals surface area (Å²) >= 11 is 0. The summed E-state index contributed by atoms with van der Waals surface area (Å²) < 4.78 is 29.1. The van der Waals surface area contributed by atoms with Crippen LogP contribution in [-0.4, -0.2) is 29.5 Å². The number of rotatable bonds is 9. The van der Waals surface area contributed by atoms with Crippen molar-refractivity contribution in [3.63, 3.8) is 0 Å². The molecule has 1 heterocycles. The molecular formula is C27H34N2O5S. The molecule has 35 heavy (non-hydrogen) atoms. The van der Waals surface area contributed by atoms with Gasteiger partial charge in [0, 0.05) is 23.9 Å². The molecule has 1 aromatic heterocycles. The van der Waals surface area contributed by atoms with E-state index < -0.39 is 27.6 Å². The Labute approximate surface area is 207 Å².